The third-order valence-electron chi connectivity index (χ3n) is 5.98. The third-order valence-corrected chi connectivity index (χ3v) is 5.98. The first-order valence-corrected chi connectivity index (χ1v) is 10.2. The van der Waals surface area contributed by atoms with Gasteiger partial charge in [0, 0.05) is 43.5 Å². The van der Waals surface area contributed by atoms with Crippen LogP contribution in [0.15, 0.2) is 47.4 Å². The van der Waals surface area contributed by atoms with Gasteiger partial charge in [-0.25, -0.2) is 0 Å². The van der Waals surface area contributed by atoms with Crippen LogP contribution in [0, 0.1) is 5.92 Å². The minimum atomic E-state index is -1.45. The van der Waals surface area contributed by atoms with Crippen molar-refractivity contribution in [3.63, 3.8) is 0 Å². The van der Waals surface area contributed by atoms with Crippen LogP contribution in [0.2, 0.25) is 0 Å². The first kappa shape index (κ1) is 20.3. The lowest BCUT2D eigenvalue weighted by molar-refractivity contribution is -0.151. The van der Waals surface area contributed by atoms with E-state index in [1.165, 1.54) is 19.9 Å². The summed E-state index contributed by atoms with van der Waals surface area (Å²) in [6.45, 7) is 4.14. The molecule has 4 heterocycles. The molecule has 8 heteroatoms. The number of nitrogens with one attached hydrogen (secondary N) is 1. The largest absolute Gasteiger partial charge is 0.381 e. The van der Waals surface area contributed by atoms with Crippen molar-refractivity contribution in [1.82, 2.24) is 19.8 Å². The highest BCUT2D eigenvalue weighted by atomic mass is 16.3. The molecule has 0 unspecified atom stereocenters. The maximum Gasteiger partial charge on any atom is 0.269 e. The number of hydrogen-bond donors (Lipinski definition) is 2. The lowest BCUT2D eigenvalue weighted by Gasteiger charge is -2.47. The van der Waals surface area contributed by atoms with Crippen molar-refractivity contribution in [2.75, 3.05) is 19.6 Å². The quantitative estimate of drug-likeness (QED) is 0.780. The summed E-state index contributed by atoms with van der Waals surface area (Å²) in [6, 6.07) is 10.0. The zero-order chi connectivity index (χ0) is 21.5. The molecule has 1 fully saturated rings. The van der Waals surface area contributed by atoms with Gasteiger partial charge in [0.1, 0.15) is 11.3 Å². The van der Waals surface area contributed by atoms with Crippen LogP contribution in [0.3, 0.4) is 0 Å². The molecular weight excluding hydrogens is 384 g/mol. The van der Waals surface area contributed by atoms with Gasteiger partial charge in [0.2, 0.25) is 0 Å². The van der Waals surface area contributed by atoms with Gasteiger partial charge in [-0.15, -0.1) is 0 Å². The maximum absolute atomic E-state index is 12.7. The van der Waals surface area contributed by atoms with Gasteiger partial charge in [-0.3, -0.25) is 19.4 Å². The van der Waals surface area contributed by atoms with Gasteiger partial charge in [-0.05, 0) is 44.4 Å². The molecule has 4 rings (SSSR count). The van der Waals surface area contributed by atoms with E-state index in [1.54, 1.807) is 39.9 Å². The van der Waals surface area contributed by atoms with E-state index in [9.17, 15) is 19.5 Å². The first-order chi connectivity index (χ1) is 14.3. The molecule has 2 aliphatic heterocycles. The number of amides is 2. The Bertz CT molecular complexity index is 1010. The van der Waals surface area contributed by atoms with Gasteiger partial charge < -0.3 is 19.9 Å². The Morgan fingerprint density at radius 2 is 2.00 bits per heavy atom. The lowest BCUT2D eigenvalue weighted by atomic mass is 9.78. The highest BCUT2D eigenvalue weighted by Crippen LogP contribution is 2.41. The van der Waals surface area contributed by atoms with Gasteiger partial charge in [-0.2, -0.15) is 0 Å². The molecule has 2 aromatic rings. The van der Waals surface area contributed by atoms with Crippen LogP contribution in [-0.4, -0.2) is 56.6 Å². The number of likely N-dealkylation sites (tertiary alicyclic amines) is 1. The normalized spacial score (nSPS) is 22.9. The van der Waals surface area contributed by atoms with E-state index in [-0.39, 0.29) is 41.8 Å². The number of fused-ring (bicyclic) bond motifs is 4. The van der Waals surface area contributed by atoms with Crippen molar-refractivity contribution in [2.24, 2.45) is 5.92 Å². The highest BCUT2D eigenvalue weighted by Gasteiger charge is 2.43. The molecule has 0 aromatic carbocycles. The van der Waals surface area contributed by atoms with Crippen molar-refractivity contribution in [2.45, 2.75) is 37.8 Å². The van der Waals surface area contributed by atoms with Gasteiger partial charge in [0.05, 0.1) is 6.04 Å². The molecule has 2 aromatic heterocycles. The number of piperidine rings is 1. The molecule has 0 spiro atoms. The zero-order valence-electron chi connectivity index (χ0n) is 17.1. The van der Waals surface area contributed by atoms with Crippen LogP contribution in [0.5, 0.6) is 0 Å². The van der Waals surface area contributed by atoms with Crippen LogP contribution < -0.4 is 10.9 Å². The average molecular weight is 410 g/mol. The average Bonchev–Trinajstić information content (AvgIpc) is 2.73. The molecule has 2 bridgehead atoms. The van der Waals surface area contributed by atoms with E-state index in [2.05, 4.69) is 10.3 Å². The Morgan fingerprint density at radius 3 is 2.70 bits per heavy atom. The fourth-order valence-corrected chi connectivity index (χ4v) is 4.64. The van der Waals surface area contributed by atoms with Crippen molar-refractivity contribution < 1.29 is 14.7 Å². The van der Waals surface area contributed by atoms with Crippen molar-refractivity contribution in [1.29, 1.82) is 0 Å². The van der Waals surface area contributed by atoms with Gasteiger partial charge >= 0.3 is 0 Å². The molecular formula is C22H26N4O4. The molecule has 30 heavy (non-hydrogen) atoms. The number of aliphatic hydroxyl groups is 1. The van der Waals surface area contributed by atoms with E-state index in [1.807, 2.05) is 6.07 Å². The van der Waals surface area contributed by atoms with Gasteiger partial charge in [0.15, 0.2) is 0 Å². The highest BCUT2D eigenvalue weighted by molar-refractivity contribution is 5.92. The second-order valence-electron chi connectivity index (χ2n) is 8.61. The molecule has 2 amide bonds. The molecule has 0 saturated carbocycles. The van der Waals surface area contributed by atoms with E-state index in [0.29, 0.717) is 18.8 Å². The van der Waals surface area contributed by atoms with E-state index < -0.39 is 5.60 Å². The summed E-state index contributed by atoms with van der Waals surface area (Å²) in [5.74, 6) is -0.609. The number of carbonyl (C=O) groups excluding carboxylic acids is 2. The second kappa shape index (κ2) is 7.68. The number of carbonyl (C=O) groups is 2. The minimum absolute atomic E-state index is 0.00770. The second-order valence-corrected chi connectivity index (χ2v) is 8.61. The lowest BCUT2D eigenvalue weighted by Crippen LogP contribution is -2.56. The van der Waals surface area contributed by atoms with Gasteiger partial charge in [0.25, 0.3) is 17.4 Å². The molecule has 158 valence electrons. The summed E-state index contributed by atoms with van der Waals surface area (Å²) in [7, 11) is 0. The molecule has 2 aliphatic rings. The Labute approximate surface area is 174 Å². The Balaban J connectivity index is 1.62. The number of hydrogen-bond acceptors (Lipinski definition) is 5. The predicted octanol–water partition coefficient (Wildman–Crippen LogP) is 0.931. The molecule has 1 saturated heterocycles. The SMILES string of the molecule is CC(C)(O)C(=O)N1C[C@H]2C[C@@H](C1)[C@H](CNC(=O)c1ccccn1)n1c2cccc1=O. The van der Waals surface area contributed by atoms with E-state index >= 15 is 0 Å². The van der Waals surface area contributed by atoms with Gasteiger partial charge in [-0.1, -0.05) is 12.1 Å². The summed E-state index contributed by atoms with van der Waals surface area (Å²) in [5, 5.41) is 13.1. The smallest absolute Gasteiger partial charge is 0.269 e. The number of aromatic nitrogens is 2. The Kier molecular flexibility index (Phi) is 5.19. The molecule has 3 atom stereocenters. The number of rotatable bonds is 4. The van der Waals surface area contributed by atoms with Crippen LogP contribution in [0.25, 0.3) is 0 Å². The molecule has 0 aliphatic carbocycles. The molecule has 0 radical (unpaired) electrons. The van der Waals surface area contributed by atoms with E-state index in [0.717, 1.165) is 12.1 Å². The van der Waals surface area contributed by atoms with Crippen LogP contribution >= 0.6 is 0 Å². The summed E-state index contributed by atoms with van der Waals surface area (Å²) in [4.78, 5) is 43.7. The van der Waals surface area contributed by atoms with Crippen LogP contribution in [0.1, 0.15) is 48.4 Å². The number of nitrogens with zero attached hydrogens (tertiary/aromatic N) is 3. The van der Waals surface area contributed by atoms with Crippen molar-refractivity contribution in [3.8, 4) is 0 Å². The maximum atomic E-state index is 12.7. The van der Waals surface area contributed by atoms with Crippen LogP contribution in [0.4, 0.5) is 0 Å². The Hall–Kier alpha value is -3.00. The first-order valence-electron chi connectivity index (χ1n) is 10.2. The molecule has 8 nitrogen and oxygen atoms in total. The summed E-state index contributed by atoms with van der Waals surface area (Å²) in [6.07, 6.45) is 2.38. The standard InChI is InChI=1S/C22H26N4O4/c1-22(2,30)21(29)25-12-14-10-15(13-25)18(26-17(14)7-5-8-19(26)27)11-24-20(28)16-6-3-4-9-23-16/h3-9,14-15,18,30H,10-13H2,1-2H3,(H,24,28)/t14-,15+,18+/m1/s1. The van der Waals surface area contributed by atoms with E-state index in [4.69, 9.17) is 0 Å². The summed E-state index contributed by atoms with van der Waals surface area (Å²) in [5.41, 5.74) is -0.384. The summed E-state index contributed by atoms with van der Waals surface area (Å²) < 4.78 is 1.77. The third kappa shape index (κ3) is 3.75. The number of pyridine rings is 2. The minimum Gasteiger partial charge on any atom is -0.381 e. The fraction of sp³-hybridized carbons (Fsp3) is 0.455. The monoisotopic (exact) mass is 410 g/mol. The topological polar surface area (TPSA) is 105 Å². The fourth-order valence-electron chi connectivity index (χ4n) is 4.64. The van der Waals surface area contributed by atoms with Crippen molar-refractivity contribution in [3.05, 3.63) is 64.3 Å². The van der Waals surface area contributed by atoms with Crippen LogP contribution in [-0.2, 0) is 4.79 Å². The van der Waals surface area contributed by atoms with Crippen molar-refractivity contribution >= 4 is 11.8 Å². The summed E-state index contributed by atoms with van der Waals surface area (Å²) >= 11 is 0. The zero-order valence-corrected chi connectivity index (χ0v) is 17.1. The predicted molar refractivity (Wildman–Crippen MR) is 110 cm³/mol. The molecule has 2 N–H and O–H groups in total. The Morgan fingerprint density at radius 1 is 1.20 bits per heavy atom.